The summed E-state index contributed by atoms with van der Waals surface area (Å²) in [7, 11) is 1.63. The van der Waals surface area contributed by atoms with E-state index in [1.54, 1.807) is 12.0 Å². The van der Waals surface area contributed by atoms with Gasteiger partial charge in [-0.05, 0) is 68.1 Å². The van der Waals surface area contributed by atoms with Crippen molar-refractivity contribution in [3.63, 3.8) is 0 Å². The summed E-state index contributed by atoms with van der Waals surface area (Å²) in [5, 5.41) is 7.35. The highest BCUT2D eigenvalue weighted by molar-refractivity contribution is 5.87. The average Bonchev–Trinajstić information content (AvgIpc) is 3.28. The number of amides is 2. The number of aromatic nitrogens is 2. The zero-order chi connectivity index (χ0) is 22.8. The average molecular weight is 433 g/mol. The van der Waals surface area contributed by atoms with E-state index >= 15 is 0 Å². The van der Waals surface area contributed by atoms with Crippen molar-refractivity contribution in [3.8, 4) is 17.1 Å². The summed E-state index contributed by atoms with van der Waals surface area (Å²) in [4.78, 5) is 19.3. The lowest BCUT2D eigenvalue weighted by Gasteiger charge is -2.35. The van der Waals surface area contributed by atoms with Gasteiger partial charge in [0.05, 0.1) is 18.7 Å². The van der Waals surface area contributed by atoms with E-state index in [4.69, 9.17) is 14.2 Å². The van der Waals surface area contributed by atoms with Crippen LogP contribution in [0.2, 0.25) is 0 Å². The third kappa shape index (κ3) is 3.98. The molecule has 1 aliphatic heterocycles. The van der Waals surface area contributed by atoms with Crippen molar-refractivity contribution in [2.75, 3.05) is 13.7 Å². The SMILES string of the molecule is CCCN1C(=O)NC(c2ccc(C)c(C)c2)C(c2nc(-c3ccc(OC)cc3)no2)=C1C. The van der Waals surface area contributed by atoms with E-state index in [0.29, 0.717) is 18.3 Å². The molecule has 1 atom stereocenters. The number of aryl methyl sites for hydroxylation is 2. The smallest absolute Gasteiger partial charge is 0.322 e. The van der Waals surface area contributed by atoms with E-state index in [9.17, 15) is 4.79 Å². The Kier molecular flexibility index (Phi) is 5.99. The number of nitrogens with one attached hydrogen (secondary N) is 1. The van der Waals surface area contributed by atoms with Gasteiger partial charge in [0.2, 0.25) is 5.82 Å². The maximum Gasteiger partial charge on any atom is 0.322 e. The van der Waals surface area contributed by atoms with Crippen LogP contribution in [-0.2, 0) is 0 Å². The van der Waals surface area contributed by atoms with E-state index < -0.39 is 0 Å². The minimum atomic E-state index is -0.376. The molecule has 4 rings (SSSR count). The molecule has 0 radical (unpaired) electrons. The van der Waals surface area contributed by atoms with Gasteiger partial charge in [-0.25, -0.2) is 4.79 Å². The summed E-state index contributed by atoms with van der Waals surface area (Å²) >= 11 is 0. The molecule has 0 saturated carbocycles. The van der Waals surface area contributed by atoms with Crippen LogP contribution in [0, 0.1) is 13.8 Å². The quantitative estimate of drug-likeness (QED) is 0.574. The first-order valence-corrected chi connectivity index (χ1v) is 10.8. The van der Waals surface area contributed by atoms with Gasteiger partial charge >= 0.3 is 6.03 Å². The molecule has 32 heavy (non-hydrogen) atoms. The number of hydrogen-bond donors (Lipinski definition) is 1. The van der Waals surface area contributed by atoms with Crippen LogP contribution in [-0.4, -0.2) is 34.7 Å². The summed E-state index contributed by atoms with van der Waals surface area (Å²) in [6, 6.07) is 13.2. The van der Waals surface area contributed by atoms with Crippen LogP contribution in [0.15, 0.2) is 52.7 Å². The summed E-state index contributed by atoms with van der Waals surface area (Å²) in [5.41, 5.74) is 5.81. The van der Waals surface area contributed by atoms with Gasteiger partial charge in [-0.1, -0.05) is 30.3 Å². The Hall–Kier alpha value is -3.61. The number of allylic oxidation sites excluding steroid dienone is 1. The fourth-order valence-corrected chi connectivity index (χ4v) is 3.94. The first-order valence-electron chi connectivity index (χ1n) is 10.8. The minimum absolute atomic E-state index is 0.119. The van der Waals surface area contributed by atoms with Gasteiger partial charge < -0.3 is 14.6 Å². The monoisotopic (exact) mass is 432 g/mol. The van der Waals surface area contributed by atoms with Crippen LogP contribution in [0.4, 0.5) is 4.79 Å². The van der Waals surface area contributed by atoms with Crippen molar-refractivity contribution >= 4 is 11.6 Å². The summed E-state index contributed by atoms with van der Waals surface area (Å²) in [6.07, 6.45) is 0.841. The summed E-state index contributed by atoms with van der Waals surface area (Å²) in [5.74, 6) is 1.65. The fourth-order valence-electron chi connectivity index (χ4n) is 3.94. The number of methoxy groups -OCH3 is 1. The van der Waals surface area contributed by atoms with Crippen molar-refractivity contribution in [2.45, 2.75) is 40.2 Å². The molecule has 0 fully saturated rings. The first kappa shape index (κ1) is 21.6. The van der Waals surface area contributed by atoms with Gasteiger partial charge in [0, 0.05) is 17.8 Å². The summed E-state index contributed by atoms with van der Waals surface area (Å²) < 4.78 is 11.0. The lowest BCUT2D eigenvalue weighted by molar-refractivity contribution is 0.205. The normalized spacial score (nSPS) is 16.3. The molecule has 3 aromatic rings. The Morgan fingerprint density at radius 1 is 1.09 bits per heavy atom. The molecular weight excluding hydrogens is 404 g/mol. The van der Waals surface area contributed by atoms with Gasteiger partial charge in [0.1, 0.15) is 5.75 Å². The fraction of sp³-hybridized carbons (Fsp3) is 0.320. The predicted octanol–water partition coefficient (Wildman–Crippen LogP) is 5.27. The van der Waals surface area contributed by atoms with E-state index in [2.05, 4.69) is 36.5 Å². The van der Waals surface area contributed by atoms with Gasteiger partial charge in [-0.15, -0.1) is 0 Å². The highest BCUT2D eigenvalue weighted by Gasteiger charge is 2.35. The van der Waals surface area contributed by atoms with Crippen LogP contribution in [0.3, 0.4) is 0 Å². The molecule has 2 amide bonds. The molecule has 0 spiro atoms. The molecule has 1 N–H and O–H groups in total. The van der Waals surface area contributed by atoms with Gasteiger partial charge in [0.15, 0.2) is 0 Å². The largest absolute Gasteiger partial charge is 0.497 e. The molecule has 0 bridgehead atoms. The van der Waals surface area contributed by atoms with Gasteiger partial charge in [-0.3, -0.25) is 4.90 Å². The minimum Gasteiger partial charge on any atom is -0.497 e. The van der Waals surface area contributed by atoms with Crippen molar-refractivity contribution in [2.24, 2.45) is 0 Å². The third-order valence-corrected chi connectivity index (χ3v) is 5.91. The Morgan fingerprint density at radius 2 is 1.84 bits per heavy atom. The number of rotatable bonds is 6. The molecule has 1 aromatic heterocycles. The van der Waals surface area contributed by atoms with Gasteiger partial charge in [0.25, 0.3) is 5.89 Å². The zero-order valence-corrected chi connectivity index (χ0v) is 19.1. The maximum absolute atomic E-state index is 12.9. The van der Waals surface area contributed by atoms with E-state index in [1.165, 1.54) is 5.56 Å². The van der Waals surface area contributed by atoms with E-state index in [-0.39, 0.29) is 12.1 Å². The first-order chi connectivity index (χ1) is 15.4. The summed E-state index contributed by atoms with van der Waals surface area (Å²) in [6.45, 7) is 8.74. The number of urea groups is 1. The lowest BCUT2D eigenvalue weighted by Crippen LogP contribution is -2.46. The molecule has 166 valence electrons. The third-order valence-electron chi connectivity index (χ3n) is 5.91. The number of benzene rings is 2. The maximum atomic E-state index is 12.9. The molecule has 1 unspecified atom stereocenters. The standard InChI is InChI=1S/C25H28N4O3/c1-6-13-29-17(4)21(22(26-25(29)30)19-8-7-15(2)16(3)14-19)24-27-23(28-32-24)18-9-11-20(31-5)12-10-18/h7-12,14,22H,6,13H2,1-5H3,(H,26,30). The second-order valence-electron chi connectivity index (χ2n) is 8.03. The highest BCUT2D eigenvalue weighted by Crippen LogP contribution is 2.38. The second kappa shape index (κ2) is 8.86. The van der Waals surface area contributed by atoms with Crippen molar-refractivity contribution in [1.29, 1.82) is 0 Å². The molecular formula is C25H28N4O3. The topological polar surface area (TPSA) is 80.5 Å². The van der Waals surface area contributed by atoms with Gasteiger partial charge in [-0.2, -0.15) is 4.98 Å². The number of nitrogens with zero attached hydrogens (tertiary/aromatic N) is 3. The number of hydrogen-bond acceptors (Lipinski definition) is 5. The van der Waals surface area contributed by atoms with Crippen LogP contribution >= 0.6 is 0 Å². The molecule has 2 heterocycles. The number of ether oxygens (including phenoxy) is 1. The molecule has 0 saturated heterocycles. The van der Waals surface area contributed by atoms with Crippen molar-refractivity contribution < 1.29 is 14.1 Å². The Balaban J connectivity index is 1.80. The molecule has 1 aliphatic rings. The highest BCUT2D eigenvalue weighted by atomic mass is 16.5. The van der Waals surface area contributed by atoms with E-state index in [1.807, 2.05) is 44.2 Å². The molecule has 0 aliphatic carbocycles. The van der Waals surface area contributed by atoms with Crippen LogP contribution in [0.5, 0.6) is 5.75 Å². The van der Waals surface area contributed by atoms with E-state index in [0.717, 1.165) is 40.1 Å². The number of carbonyl (C=O) groups is 1. The van der Waals surface area contributed by atoms with Crippen LogP contribution in [0.25, 0.3) is 17.0 Å². The Bertz CT molecular complexity index is 1160. The molecule has 7 nitrogen and oxygen atoms in total. The van der Waals surface area contributed by atoms with Crippen LogP contribution in [0.1, 0.15) is 48.9 Å². The van der Waals surface area contributed by atoms with Crippen molar-refractivity contribution in [1.82, 2.24) is 20.4 Å². The van der Waals surface area contributed by atoms with Crippen LogP contribution < -0.4 is 10.1 Å². The number of carbonyl (C=O) groups excluding carboxylic acids is 1. The molecule has 7 heteroatoms. The predicted molar refractivity (Wildman–Crippen MR) is 123 cm³/mol. The zero-order valence-electron chi connectivity index (χ0n) is 19.1. The lowest BCUT2D eigenvalue weighted by atomic mass is 9.92. The second-order valence-corrected chi connectivity index (χ2v) is 8.03. The van der Waals surface area contributed by atoms with Crippen molar-refractivity contribution in [3.05, 3.63) is 70.7 Å². The Labute approximate surface area is 188 Å². The Morgan fingerprint density at radius 3 is 2.50 bits per heavy atom. The molecule has 2 aromatic carbocycles.